The fraction of sp³-hybridized carbons (Fsp3) is 0.0976. The van der Waals surface area contributed by atoms with E-state index < -0.39 is 7.60 Å². The van der Waals surface area contributed by atoms with E-state index in [0.29, 0.717) is 5.56 Å². The highest BCUT2D eigenvalue weighted by Crippen LogP contribution is 2.56. The zero-order valence-electron chi connectivity index (χ0n) is 28.3. The summed E-state index contributed by atoms with van der Waals surface area (Å²) in [6.07, 6.45) is 1.56. The van der Waals surface area contributed by atoms with Crippen LogP contribution in [0.25, 0.3) is 49.1 Å². The number of fused-ring (bicyclic) bond motifs is 1. The molecule has 2 heterocycles. The van der Waals surface area contributed by atoms with Gasteiger partial charge in [0.25, 0.3) is 0 Å². The third-order valence-corrected chi connectivity index (χ3v) is 13.3. The SMILES string of the molecule is CCOP(=O)(OCC)/C(C#N)=C\c1ccc(-c2ccc(-c3cc(I)c(-c4ccc(N(c5ccccc5)c5ccccc5)cc4)s3)c3nsnc23)cc1. The van der Waals surface area contributed by atoms with Gasteiger partial charge in [0, 0.05) is 41.5 Å². The lowest BCUT2D eigenvalue weighted by atomic mass is 9.99. The van der Waals surface area contributed by atoms with Crippen LogP contribution in [-0.2, 0) is 13.6 Å². The Morgan fingerprint density at radius 3 is 1.88 bits per heavy atom. The maximum Gasteiger partial charge on any atom is 0.371 e. The van der Waals surface area contributed by atoms with Crippen molar-refractivity contribution in [2.45, 2.75) is 13.8 Å². The molecule has 0 atom stereocenters. The monoisotopic (exact) mass is 850 g/mol. The first kappa shape index (κ1) is 35.9. The maximum atomic E-state index is 13.2. The predicted octanol–water partition coefficient (Wildman–Crippen LogP) is 13.0. The Balaban J connectivity index is 1.17. The van der Waals surface area contributed by atoms with E-state index in [1.807, 2.05) is 42.5 Å². The molecule has 0 N–H and O–H groups in total. The van der Waals surface area contributed by atoms with Crippen LogP contribution in [0.4, 0.5) is 17.1 Å². The van der Waals surface area contributed by atoms with Gasteiger partial charge in [-0.1, -0.05) is 84.9 Å². The van der Waals surface area contributed by atoms with E-state index in [-0.39, 0.29) is 18.5 Å². The lowest BCUT2D eigenvalue weighted by Gasteiger charge is -2.25. The number of hydrogen-bond donors (Lipinski definition) is 0. The highest BCUT2D eigenvalue weighted by molar-refractivity contribution is 14.1. The first-order chi connectivity index (χ1) is 25.4. The van der Waals surface area contributed by atoms with Crippen molar-refractivity contribution in [3.8, 4) is 38.1 Å². The van der Waals surface area contributed by atoms with Crippen LogP contribution >= 0.6 is 53.3 Å². The second-order valence-corrected chi connectivity index (χ2v) is 16.3. The Kier molecular flexibility index (Phi) is 11.1. The van der Waals surface area contributed by atoms with Crippen LogP contribution in [0.3, 0.4) is 0 Å². The van der Waals surface area contributed by atoms with Crippen molar-refractivity contribution in [3.63, 3.8) is 0 Å². The average molecular weight is 851 g/mol. The highest BCUT2D eigenvalue weighted by Gasteiger charge is 2.30. The molecule has 0 aliphatic carbocycles. The maximum absolute atomic E-state index is 13.2. The Labute approximate surface area is 324 Å². The van der Waals surface area contributed by atoms with Gasteiger partial charge in [0.15, 0.2) is 0 Å². The molecule has 7 rings (SSSR count). The summed E-state index contributed by atoms with van der Waals surface area (Å²) in [5.41, 5.74) is 9.80. The van der Waals surface area contributed by atoms with Crippen molar-refractivity contribution >= 4 is 87.4 Å². The summed E-state index contributed by atoms with van der Waals surface area (Å²) in [4.78, 5) is 4.59. The molecular formula is C41H32IN4O3PS2. The number of allylic oxidation sites excluding steroid dienone is 1. The molecule has 0 bridgehead atoms. The molecule has 2 aromatic heterocycles. The Bertz CT molecular complexity index is 2390. The summed E-state index contributed by atoms with van der Waals surface area (Å²) in [5, 5.41) is 9.72. The van der Waals surface area contributed by atoms with Crippen molar-refractivity contribution in [3.05, 3.63) is 142 Å². The van der Waals surface area contributed by atoms with E-state index in [1.165, 1.54) is 20.2 Å². The summed E-state index contributed by atoms with van der Waals surface area (Å²) in [6.45, 7) is 3.78. The van der Waals surface area contributed by atoms with Gasteiger partial charge in [-0.3, -0.25) is 4.57 Å². The Morgan fingerprint density at radius 2 is 1.31 bits per heavy atom. The minimum absolute atomic E-state index is 0.0263. The molecule has 0 aliphatic heterocycles. The van der Waals surface area contributed by atoms with Gasteiger partial charge in [-0.15, -0.1) is 11.3 Å². The Morgan fingerprint density at radius 1 is 0.769 bits per heavy atom. The topological polar surface area (TPSA) is 88.3 Å². The summed E-state index contributed by atoms with van der Waals surface area (Å²) >= 11 is 5.38. The molecule has 0 radical (unpaired) electrons. The van der Waals surface area contributed by atoms with Crippen molar-refractivity contribution in [2.75, 3.05) is 18.1 Å². The molecule has 7 aromatic rings. The number of anilines is 3. The fourth-order valence-corrected chi connectivity index (χ4v) is 10.2. The zero-order chi connectivity index (χ0) is 36.1. The van der Waals surface area contributed by atoms with E-state index >= 15 is 0 Å². The first-order valence-corrected chi connectivity index (χ1v) is 20.8. The van der Waals surface area contributed by atoms with E-state index in [9.17, 15) is 9.83 Å². The van der Waals surface area contributed by atoms with Crippen molar-refractivity contribution in [2.24, 2.45) is 0 Å². The molecule has 0 amide bonds. The molecule has 52 heavy (non-hydrogen) atoms. The summed E-state index contributed by atoms with van der Waals surface area (Å²) < 4.78 is 34.6. The number of rotatable bonds is 12. The van der Waals surface area contributed by atoms with E-state index in [4.69, 9.17) is 17.8 Å². The van der Waals surface area contributed by atoms with Gasteiger partial charge in [0.1, 0.15) is 22.4 Å². The molecule has 258 valence electrons. The number of para-hydroxylation sites is 2. The van der Waals surface area contributed by atoms with Crippen LogP contribution < -0.4 is 4.90 Å². The minimum Gasteiger partial charge on any atom is -0.311 e. The number of hydrogen-bond acceptors (Lipinski definition) is 9. The number of halogens is 1. The van der Waals surface area contributed by atoms with E-state index in [1.54, 1.807) is 31.3 Å². The first-order valence-electron chi connectivity index (χ1n) is 16.6. The average Bonchev–Trinajstić information content (AvgIpc) is 3.83. The molecular weight excluding hydrogens is 818 g/mol. The van der Waals surface area contributed by atoms with Crippen LogP contribution in [-0.4, -0.2) is 22.0 Å². The molecule has 11 heteroatoms. The fourth-order valence-electron chi connectivity index (χ4n) is 5.97. The number of nitriles is 1. The lowest BCUT2D eigenvalue weighted by molar-refractivity contribution is 0.227. The van der Waals surface area contributed by atoms with Gasteiger partial charge in [-0.2, -0.15) is 14.0 Å². The molecule has 7 nitrogen and oxygen atoms in total. The Hall–Kier alpha value is -4.47. The summed E-state index contributed by atoms with van der Waals surface area (Å²) in [6, 6.07) is 45.7. The highest BCUT2D eigenvalue weighted by atomic mass is 127. The molecule has 0 saturated carbocycles. The molecule has 0 aliphatic rings. The third-order valence-electron chi connectivity index (χ3n) is 8.32. The normalized spacial score (nSPS) is 11.8. The molecule has 0 fully saturated rings. The molecule has 0 saturated heterocycles. The van der Waals surface area contributed by atoms with Crippen LogP contribution in [0, 0.1) is 14.9 Å². The van der Waals surface area contributed by atoms with Crippen molar-refractivity contribution in [1.29, 1.82) is 5.26 Å². The standard InChI is InChI=1S/C41H32IN4O3PS2/c1-3-48-50(47,49-4-2)34(27-43)25-28-15-17-29(18-16-28)35-23-24-36(40-39(35)44-52-45-40)38-26-37(42)41(51-38)30-19-21-33(22-20-30)46(31-11-7-5-8-12-31)32-13-9-6-10-14-32/h5-26H,3-4H2,1-2H3/b34-25-. The molecule has 5 aromatic carbocycles. The van der Waals surface area contributed by atoms with Crippen LogP contribution in [0.2, 0.25) is 0 Å². The number of nitrogens with zero attached hydrogens (tertiary/aromatic N) is 4. The number of aromatic nitrogens is 2. The second-order valence-electron chi connectivity index (χ2n) is 11.6. The zero-order valence-corrected chi connectivity index (χ0v) is 33.0. The van der Waals surface area contributed by atoms with Crippen LogP contribution in [0.1, 0.15) is 19.4 Å². The van der Waals surface area contributed by atoms with E-state index in [0.717, 1.165) is 55.2 Å². The molecule has 0 spiro atoms. The lowest BCUT2D eigenvalue weighted by Crippen LogP contribution is -2.09. The number of thiophene rings is 1. The van der Waals surface area contributed by atoms with Crippen molar-refractivity contribution in [1.82, 2.24) is 8.75 Å². The third kappa shape index (κ3) is 7.39. The van der Waals surface area contributed by atoms with Gasteiger partial charge in [-0.25, -0.2) is 0 Å². The van der Waals surface area contributed by atoms with Crippen LogP contribution in [0.5, 0.6) is 0 Å². The van der Waals surface area contributed by atoms with Gasteiger partial charge in [0.2, 0.25) is 0 Å². The van der Waals surface area contributed by atoms with Crippen molar-refractivity contribution < 1.29 is 13.6 Å². The molecule has 0 unspecified atom stereocenters. The summed E-state index contributed by atoms with van der Waals surface area (Å²) in [5.74, 6) is 0. The predicted molar refractivity (Wildman–Crippen MR) is 223 cm³/mol. The smallest absolute Gasteiger partial charge is 0.311 e. The van der Waals surface area contributed by atoms with Gasteiger partial charge in [-0.05, 0) is 102 Å². The largest absolute Gasteiger partial charge is 0.371 e. The quantitative estimate of drug-likeness (QED) is 0.0687. The van der Waals surface area contributed by atoms with E-state index in [2.05, 4.69) is 118 Å². The van der Waals surface area contributed by atoms with Gasteiger partial charge in [0.05, 0.1) is 24.9 Å². The summed E-state index contributed by atoms with van der Waals surface area (Å²) in [7, 11) is -3.69. The van der Waals surface area contributed by atoms with Gasteiger partial charge >= 0.3 is 7.60 Å². The minimum atomic E-state index is -3.69. The second kappa shape index (κ2) is 16.0. The number of benzene rings is 5. The van der Waals surface area contributed by atoms with Gasteiger partial charge < -0.3 is 13.9 Å². The van der Waals surface area contributed by atoms with Crippen LogP contribution in [0.15, 0.2) is 133 Å².